The molecule has 0 unspecified atom stereocenters. The number of quaternary nitrogens is 1. The predicted octanol–water partition coefficient (Wildman–Crippen LogP) is 3.58. The molecule has 0 atom stereocenters. The second-order valence-corrected chi connectivity index (χ2v) is 6.65. The molecule has 0 saturated heterocycles. The zero-order valence-electron chi connectivity index (χ0n) is 15.4. The van der Waals surface area contributed by atoms with Crippen LogP contribution in [0.5, 0.6) is 0 Å². The standard InChI is InChI=1S/C24H19BF.H3N/c26-24-18-16-23(17-19-24)25(20-10-4-1-5-11-20,21-12-6-2-7-13-21)22-14-8-3-9-15-22;/h1-19H;1H3/q-1;/p+1. The van der Waals surface area contributed by atoms with Crippen molar-refractivity contribution >= 4 is 28.0 Å². The molecule has 0 spiro atoms. The average Bonchev–Trinajstić information content (AvgIpc) is 2.72. The van der Waals surface area contributed by atoms with Crippen LogP contribution in [-0.4, -0.2) is 6.15 Å². The van der Waals surface area contributed by atoms with E-state index in [0.29, 0.717) is 0 Å². The number of halogens is 1. The van der Waals surface area contributed by atoms with Crippen molar-refractivity contribution in [3.63, 3.8) is 0 Å². The smallest absolute Gasteiger partial charge is 0.122 e. The summed E-state index contributed by atoms with van der Waals surface area (Å²) >= 11 is 0. The van der Waals surface area contributed by atoms with Crippen molar-refractivity contribution < 1.29 is 4.39 Å². The van der Waals surface area contributed by atoms with Crippen molar-refractivity contribution in [3.8, 4) is 0 Å². The second-order valence-electron chi connectivity index (χ2n) is 6.65. The van der Waals surface area contributed by atoms with E-state index in [0.717, 1.165) is 5.46 Å². The summed E-state index contributed by atoms with van der Waals surface area (Å²) in [5, 5.41) is 0. The Kier molecular flexibility index (Phi) is 5.53. The van der Waals surface area contributed by atoms with Gasteiger partial charge in [0.25, 0.3) is 0 Å². The van der Waals surface area contributed by atoms with Gasteiger partial charge in [0.05, 0.1) is 0 Å². The fraction of sp³-hybridized carbons (Fsp3) is 0. The van der Waals surface area contributed by atoms with Gasteiger partial charge in [-0.15, -0.1) is 0 Å². The molecule has 134 valence electrons. The molecule has 0 aliphatic heterocycles. The third-order valence-corrected chi connectivity index (χ3v) is 5.27. The van der Waals surface area contributed by atoms with Crippen LogP contribution in [0, 0.1) is 5.82 Å². The lowest BCUT2D eigenvalue weighted by atomic mass is 9.13. The van der Waals surface area contributed by atoms with Crippen LogP contribution >= 0.6 is 0 Å². The highest BCUT2D eigenvalue weighted by Gasteiger charge is 2.31. The summed E-state index contributed by atoms with van der Waals surface area (Å²) < 4.78 is 13.7. The lowest BCUT2D eigenvalue weighted by molar-refractivity contribution is 0.628. The van der Waals surface area contributed by atoms with E-state index in [1.165, 1.54) is 16.4 Å². The molecule has 0 aliphatic carbocycles. The first-order valence-electron chi connectivity index (χ1n) is 8.90. The number of benzene rings is 4. The van der Waals surface area contributed by atoms with Gasteiger partial charge in [0.15, 0.2) is 0 Å². The summed E-state index contributed by atoms with van der Waals surface area (Å²) in [7, 11) is 0. The van der Waals surface area contributed by atoms with Crippen LogP contribution in [0.2, 0.25) is 0 Å². The normalized spacial score (nSPS) is 10.9. The van der Waals surface area contributed by atoms with Gasteiger partial charge in [0.2, 0.25) is 0 Å². The fourth-order valence-electron chi connectivity index (χ4n) is 4.13. The average molecular weight is 355 g/mol. The molecule has 0 bridgehead atoms. The topological polar surface area (TPSA) is 36.5 Å². The maximum atomic E-state index is 13.7. The number of rotatable bonds is 4. The summed E-state index contributed by atoms with van der Waals surface area (Å²) in [5.41, 5.74) is 4.76. The molecule has 0 fully saturated rings. The molecule has 4 aromatic rings. The van der Waals surface area contributed by atoms with Gasteiger partial charge in [0, 0.05) is 0 Å². The van der Waals surface area contributed by atoms with Gasteiger partial charge in [-0.25, -0.2) is 4.39 Å². The Bertz CT molecular complexity index is 874. The van der Waals surface area contributed by atoms with Crippen molar-refractivity contribution in [3.05, 3.63) is 121 Å². The van der Waals surface area contributed by atoms with E-state index in [1.54, 1.807) is 12.1 Å². The molecule has 0 aliphatic rings. The monoisotopic (exact) mass is 355 g/mol. The van der Waals surface area contributed by atoms with Crippen LogP contribution in [0.1, 0.15) is 0 Å². The first-order chi connectivity index (χ1) is 12.8. The van der Waals surface area contributed by atoms with Crippen LogP contribution in [-0.2, 0) is 0 Å². The Labute approximate surface area is 160 Å². The minimum atomic E-state index is -1.40. The van der Waals surface area contributed by atoms with Gasteiger partial charge in [0.1, 0.15) is 12.0 Å². The molecule has 0 saturated carbocycles. The van der Waals surface area contributed by atoms with Crippen molar-refractivity contribution in [2.75, 3.05) is 0 Å². The molecule has 1 nitrogen and oxygen atoms in total. The van der Waals surface area contributed by atoms with Crippen LogP contribution < -0.4 is 28.0 Å². The van der Waals surface area contributed by atoms with E-state index in [1.807, 2.05) is 30.3 Å². The van der Waals surface area contributed by atoms with E-state index in [4.69, 9.17) is 0 Å². The molecule has 0 aromatic heterocycles. The van der Waals surface area contributed by atoms with Gasteiger partial charge in [-0.1, -0.05) is 103 Å². The Morgan fingerprint density at radius 2 is 0.704 bits per heavy atom. The SMILES string of the molecule is Fc1ccc([B-](c2ccccc2)(c2ccccc2)c2ccccc2)cc1.[NH4+]. The summed E-state index contributed by atoms with van der Waals surface area (Å²) in [4.78, 5) is 0. The quantitative estimate of drug-likeness (QED) is 0.544. The maximum absolute atomic E-state index is 13.7. The number of hydrogen-bond donors (Lipinski definition) is 1. The van der Waals surface area contributed by atoms with Crippen LogP contribution in [0.15, 0.2) is 115 Å². The molecule has 4 aromatic carbocycles. The third kappa shape index (κ3) is 3.30. The zero-order chi connectivity index (χ0) is 17.8. The Morgan fingerprint density at radius 1 is 0.407 bits per heavy atom. The first-order valence-corrected chi connectivity index (χ1v) is 8.90. The summed E-state index contributed by atoms with van der Waals surface area (Å²) in [5.74, 6) is -0.215. The minimum absolute atomic E-state index is 0. The maximum Gasteiger partial charge on any atom is 0.122 e. The molecule has 0 heterocycles. The molecular weight excluding hydrogens is 332 g/mol. The van der Waals surface area contributed by atoms with Crippen LogP contribution in [0.4, 0.5) is 4.39 Å². The van der Waals surface area contributed by atoms with Crippen LogP contribution in [0.25, 0.3) is 0 Å². The predicted molar refractivity (Wildman–Crippen MR) is 116 cm³/mol. The van der Waals surface area contributed by atoms with Crippen molar-refractivity contribution in [1.29, 1.82) is 0 Å². The van der Waals surface area contributed by atoms with Gasteiger partial charge in [-0.05, 0) is 12.1 Å². The van der Waals surface area contributed by atoms with Gasteiger partial charge >= 0.3 is 0 Å². The summed E-state index contributed by atoms with van der Waals surface area (Å²) in [6.45, 7) is 0. The summed E-state index contributed by atoms with van der Waals surface area (Å²) in [6.07, 6.45) is -1.40. The lowest BCUT2D eigenvalue weighted by Crippen LogP contribution is -2.74. The highest BCUT2D eigenvalue weighted by Crippen LogP contribution is 2.09. The molecule has 0 amide bonds. The third-order valence-electron chi connectivity index (χ3n) is 5.27. The van der Waals surface area contributed by atoms with Crippen molar-refractivity contribution in [2.24, 2.45) is 0 Å². The minimum Gasteiger partial charge on any atom is -0.369 e. The van der Waals surface area contributed by atoms with Crippen molar-refractivity contribution in [2.45, 2.75) is 0 Å². The van der Waals surface area contributed by atoms with Gasteiger partial charge in [-0.3, -0.25) is 0 Å². The zero-order valence-corrected chi connectivity index (χ0v) is 15.4. The molecular formula is C24H23BFN. The van der Waals surface area contributed by atoms with E-state index >= 15 is 0 Å². The number of hydrogen-bond acceptors (Lipinski definition) is 0. The lowest BCUT2D eigenvalue weighted by Gasteiger charge is -2.44. The molecule has 4 rings (SSSR count). The first kappa shape index (κ1) is 18.6. The fourth-order valence-corrected chi connectivity index (χ4v) is 4.13. The summed E-state index contributed by atoms with van der Waals surface area (Å²) in [6, 6.07) is 38.5. The van der Waals surface area contributed by atoms with Crippen molar-refractivity contribution in [1.82, 2.24) is 6.15 Å². The Hall–Kier alpha value is -3.17. The highest BCUT2D eigenvalue weighted by atomic mass is 19.1. The molecule has 0 radical (unpaired) electrons. The Morgan fingerprint density at radius 3 is 1.04 bits per heavy atom. The highest BCUT2D eigenvalue weighted by molar-refractivity contribution is 7.19. The molecule has 27 heavy (non-hydrogen) atoms. The van der Waals surface area contributed by atoms with E-state index < -0.39 is 6.15 Å². The molecule has 3 heteroatoms. The van der Waals surface area contributed by atoms with E-state index in [9.17, 15) is 4.39 Å². The van der Waals surface area contributed by atoms with E-state index in [-0.39, 0.29) is 12.0 Å². The van der Waals surface area contributed by atoms with Gasteiger partial charge in [-0.2, -0.15) is 21.9 Å². The largest absolute Gasteiger partial charge is 0.369 e. The Balaban J connectivity index is 0.00000210. The van der Waals surface area contributed by atoms with Crippen LogP contribution in [0.3, 0.4) is 0 Å². The van der Waals surface area contributed by atoms with E-state index in [2.05, 4.69) is 72.8 Å². The molecule has 4 N–H and O–H groups in total. The second kappa shape index (κ2) is 8.02. The van der Waals surface area contributed by atoms with Gasteiger partial charge < -0.3 is 6.15 Å².